The van der Waals surface area contributed by atoms with Gasteiger partial charge in [0.15, 0.2) is 0 Å². The van der Waals surface area contributed by atoms with E-state index in [1.807, 2.05) is 0 Å². The zero-order valence-corrected chi connectivity index (χ0v) is 12.2. The molecule has 0 aliphatic heterocycles. The third-order valence-electron chi connectivity index (χ3n) is 2.05. The predicted molar refractivity (Wildman–Crippen MR) is 70.4 cm³/mol. The van der Waals surface area contributed by atoms with Gasteiger partial charge in [0.1, 0.15) is 5.78 Å². The van der Waals surface area contributed by atoms with E-state index in [0.717, 1.165) is 0 Å². The van der Waals surface area contributed by atoms with Crippen LogP contribution in [-0.4, -0.2) is 16.6 Å². The number of thioether (sulfide) groups is 1. The van der Waals surface area contributed by atoms with Crippen molar-refractivity contribution >= 4 is 45.1 Å². The van der Waals surface area contributed by atoms with E-state index in [1.165, 1.54) is 12.1 Å². The molecule has 0 heterocycles. The van der Waals surface area contributed by atoms with Crippen molar-refractivity contribution in [1.82, 2.24) is 0 Å². The third kappa shape index (κ3) is 5.20. The molecule has 1 nitrogen and oxygen atoms in total. The minimum atomic E-state index is -4.36. The van der Waals surface area contributed by atoms with Gasteiger partial charge in [-0.25, -0.2) is 0 Å². The van der Waals surface area contributed by atoms with Crippen LogP contribution in [0.25, 0.3) is 0 Å². The van der Waals surface area contributed by atoms with Crippen molar-refractivity contribution in [2.45, 2.75) is 22.7 Å². The lowest BCUT2D eigenvalue weighted by atomic mass is 10.1. The van der Waals surface area contributed by atoms with E-state index in [0.29, 0.717) is 11.1 Å². The number of hydrogen-bond acceptors (Lipinski definition) is 2. The van der Waals surface area contributed by atoms with Crippen LogP contribution in [0.15, 0.2) is 23.1 Å². The van der Waals surface area contributed by atoms with E-state index in [1.54, 1.807) is 6.07 Å². The Morgan fingerprint density at radius 2 is 2.06 bits per heavy atom. The summed E-state index contributed by atoms with van der Waals surface area (Å²) in [5, 5.41) is 0.187. The van der Waals surface area contributed by atoms with E-state index >= 15 is 0 Å². The normalized spacial score (nSPS) is 11.6. The van der Waals surface area contributed by atoms with Crippen molar-refractivity contribution in [1.29, 1.82) is 0 Å². The summed E-state index contributed by atoms with van der Waals surface area (Å²) in [7, 11) is 0. The van der Waals surface area contributed by atoms with Gasteiger partial charge in [0, 0.05) is 17.2 Å². The molecule has 0 aliphatic carbocycles. The number of benzene rings is 1. The first kappa shape index (κ1) is 15.9. The number of carbonyl (C=O) groups is 1. The van der Waals surface area contributed by atoms with Crippen LogP contribution in [-0.2, 0) is 17.1 Å². The lowest BCUT2D eigenvalue weighted by Crippen LogP contribution is -2.05. The number of halogens is 5. The SMILES string of the molecule is O=C(CBr)Cc1ccc(CCl)c(SC(F)(F)F)c1. The molecule has 0 unspecified atom stereocenters. The van der Waals surface area contributed by atoms with Crippen molar-refractivity contribution in [2.75, 3.05) is 5.33 Å². The summed E-state index contributed by atoms with van der Waals surface area (Å²) in [6, 6.07) is 4.52. The highest BCUT2D eigenvalue weighted by atomic mass is 79.9. The predicted octanol–water partition coefficient (Wildman–Crippen LogP) is 4.54. The summed E-state index contributed by atoms with van der Waals surface area (Å²) in [6.07, 6.45) is 0.110. The molecule has 0 bridgehead atoms. The maximum absolute atomic E-state index is 12.4. The van der Waals surface area contributed by atoms with Gasteiger partial charge in [-0.1, -0.05) is 28.1 Å². The number of ketones is 1. The van der Waals surface area contributed by atoms with Gasteiger partial charge in [-0.05, 0) is 29.0 Å². The first-order chi connectivity index (χ1) is 8.35. The lowest BCUT2D eigenvalue weighted by molar-refractivity contribution is -0.115. The second-order valence-corrected chi connectivity index (χ2v) is 5.41. The zero-order chi connectivity index (χ0) is 13.8. The Balaban J connectivity index is 2.98. The fraction of sp³-hybridized carbons (Fsp3) is 0.364. The molecule has 0 N–H and O–H groups in total. The summed E-state index contributed by atoms with van der Waals surface area (Å²) in [6.45, 7) is 0. The summed E-state index contributed by atoms with van der Waals surface area (Å²) in [5.41, 5.74) is -3.40. The largest absolute Gasteiger partial charge is 0.446 e. The molecule has 0 amide bonds. The van der Waals surface area contributed by atoms with Crippen molar-refractivity contribution in [3.05, 3.63) is 29.3 Å². The Morgan fingerprint density at radius 1 is 1.39 bits per heavy atom. The number of rotatable bonds is 5. The van der Waals surface area contributed by atoms with Crippen molar-refractivity contribution in [2.24, 2.45) is 0 Å². The van der Waals surface area contributed by atoms with E-state index < -0.39 is 5.51 Å². The lowest BCUT2D eigenvalue weighted by Gasteiger charge is -2.11. The van der Waals surface area contributed by atoms with E-state index in [2.05, 4.69) is 15.9 Å². The molecule has 0 fully saturated rings. The van der Waals surface area contributed by atoms with Crippen LogP contribution in [0.3, 0.4) is 0 Å². The molecule has 0 aromatic heterocycles. The molecule has 0 atom stereocenters. The summed E-state index contributed by atoms with van der Waals surface area (Å²) in [5.74, 6) is -0.0815. The molecule has 0 spiro atoms. The van der Waals surface area contributed by atoms with Crippen molar-refractivity contribution in [3.63, 3.8) is 0 Å². The highest BCUT2D eigenvalue weighted by Gasteiger charge is 2.30. The first-order valence-electron chi connectivity index (χ1n) is 4.87. The second kappa shape index (κ2) is 6.82. The fourth-order valence-electron chi connectivity index (χ4n) is 1.31. The maximum atomic E-state index is 12.4. The van der Waals surface area contributed by atoms with Gasteiger partial charge in [-0.15, -0.1) is 11.6 Å². The van der Waals surface area contributed by atoms with Gasteiger partial charge in [0.25, 0.3) is 0 Å². The summed E-state index contributed by atoms with van der Waals surface area (Å²) < 4.78 is 37.1. The standard InChI is InChI=1S/C11H9BrClF3OS/c12-5-9(17)3-7-1-2-8(6-13)10(4-7)18-11(14,15)16/h1-2,4H,3,5-6H2. The van der Waals surface area contributed by atoms with Gasteiger partial charge < -0.3 is 0 Å². The number of carbonyl (C=O) groups excluding carboxylic acids is 1. The minimum absolute atomic E-state index is 0.00504. The number of alkyl halides is 5. The third-order valence-corrected chi connectivity index (χ3v) is 3.80. The smallest absolute Gasteiger partial charge is 0.298 e. The maximum Gasteiger partial charge on any atom is 0.446 e. The number of hydrogen-bond donors (Lipinski definition) is 0. The molecule has 0 aliphatic rings. The zero-order valence-electron chi connectivity index (χ0n) is 9.06. The molecule has 1 rings (SSSR count). The Morgan fingerprint density at radius 3 is 2.56 bits per heavy atom. The van der Waals surface area contributed by atoms with Crippen LogP contribution in [0.5, 0.6) is 0 Å². The molecule has 18 heavy (non-hydrogen) atoms. The van der Waals surface area contributed by atoms with E-state index in [9.17, 15) is 18.0 Å². The van der Waals surface area contributed by atoms with Crippen molar-refractivity contribution in [3.8, 4) is 0 Å². The van der Waals surface area contributed by atoms with Crippen LogP contribution in [0, 0.1) is 0 Å². The average Bonchev–Trinajstić information content (AvgIpc) is 2.27. The molecular formula is C11H9BrClF3OS. The molecule has 0 saturated carbocycles. The molecule has 0 radical (unpaired) electrons. The number of Topliss-reactive ketones (excluding diaryl/α,β-unsaturated/α-hetero) is 1. The van der Waals surface area contributed by atoms with Crippen molar-refractivity contribution < 1.29 is 18.0 Å². The van der Waals surface area contributed by atoms with E-state index in [4.69, 9.17) is 11.6 Å². The molecule has 1 aromatic carbocycles. The second-order valence-electron chi connectivity index (χ2n) is 3.47. The summed E-state index contributed by atoms with van der Waals surface area (Å²) in [4.78, 5) is 11.3. The topological polar surface area (TPSA) is 17.1 Å². The first-order valence-corrected chi connectivity index (χ1v) is 7.34. The highest BCUT2D eigenvalue weighted by Crippen LogP contribution is 2.39. The van der Waals surface area contributed by atoms with Gasteiger partial charge >= 0.3 is 5.51 Å². The van der Waals surface area contributed by atoms with Crippen LogP contribution in [0.2, 0.25) is 0 Å². The van der Waals surface area contributed by atoms with E-state index in [-0.39, 0.29) is 40.1 Å². The monoisotopic (exact) mass is 360 g/mol. The minimum Gasteiger partial charge on any atom is -0.298 e. The Hall–Kier alpha value is -0.200. The van der Waals surface area contributed by atoms with Gasteiger partial charge in [-0.3, -0.25) is 4.79 Å². The van der Waals surface area contributed by atoms with Gasteiger partial charge in [-0.2, -0.15) is 13.2 Å². The van der Waals surface area contributed by atoms with Gasteiger partial charge in [0.05, 0.1) is 5.33 Å². The molecule has 1 aromatic rings. The van der Waals surface area contributed by atoms with Crippen LogP contribution >= 0.6 is 39.3 Å². The quantitative estimate of drug-likeness (QED) is 0.565. The summed E-state index contributed by atoms with van der Waals surface area (Å²) >= 11 is 8.40. The Kier molecular flexibility index (Phi) is 6.01. The Bertz CT molecular complexity index is 437. The molecule has 0 saturated heterocycles. The average molecular weight is 362 g/mol. The fourth-order valence-corrected chi connectivity index (χ4v) is 2.56. The molecule has 7 heteroatoms. The van der Waals surface area contributed by atoms with Crippen LogP contribution < -0.4 is 0 Å². The molecular weight excluding hydrogens is 353 g/mol. The van der Waals surface area contributed by atoms with Crippen LogP contribution in [0.1, 0.15) is 11.1 Å². The van der Waals surface area contributed by atoms with Crippen LogP contribution in [0.4, 0.5) is 13.2 Å². The van der Waals surface area contributed by atoms with Gasteiger partial charge in [0.2, 0.25) is 0 Å². The highest BCUT2D eigenvalue weighted by molar-refractivity contribution is 9.09. The molecule has 100 valence electrons. The Labute approximate surface area is 120 Å².